The summed E-state index contributed by atoms with van der Waals surface area (Å²) in [6.45, 7) is 2.20. The van der Waals surface area contributed by atoms with E-state index in [1.165, 1.54) is 22.3 Å². The summed E-state index contributed by atoms with van der Waals surface area (Å²) in [5.41, 5.74) is 5.00. The second-order valence-corrected chi connectivity index (χ2v) is 6.54. The lowest BCUT2D eigenvalue weighted by molar-refractivity contribution is -0.121. The summed E-state index contributed by atoms with van der Waals surface area (Å²) < 4.78 is 0. The van der Waals surface area contributed by atoms with Crippen molar-refractivity contribution in [2.45, 2.75) is 32.6 Å². The topological polar surface area (TPSA) is 17.1 Å². The van der Waals surface area contributed by atoms with Gasteiger partial charge in [-0.1, -0.05) is 78.4 Å². The fourth-order valence-corrected chi connectivity index (χ4v) is 3.43. The highest BCUT2D eigenvalue weighted by atomic mass is 16.1. The molecule has 1 aliphatic carbocycles. The normalized spacial score (nSPS) is 19.4. The Morgan fingerprint density at radius 3 is 2.33 bits per heavy atom. The van der Waals surface area contributed by atoms with Gasteiger partial charge in [0.15, 0.2) is 0 Å². The molecule has 0 saturated heterocycles. The SMILES string of the molecule is C/C(=C(/C=C/c1ccccc1)c1ccccc1)[C@H]1CCCC(=O)C1. The molecular formula is C23H24O. The zero-order valence-electron chi connectivity index (χ0n) is 14.2. The first kappa shape index (κ1) is 16.4. The molecule has 24 heavy (non-hydrogen) atoms. The largest absolute Gasteiger partial charge is 0.300 e. The number of hydrogen-bond acceptors (Lipinski definition) is 1. The first-order valence-corrected chi connectivity index (χ1v) is 8.75. The number of carbonyl (C=O) groups excluding carboxylic acids is 1. The summed E-state index contributed by atoms with van der Waals surface area (Å²) in [5.74, 6) is 0.784. The maximum atomic E-state index is 11.9. The van der Waals surface area contributed by atoms with E-state index in [-0.39, 0.29) is 0 Å². The molecule has 2 aromatic carbocycles. The Hall–Kier alpha value is -2.41. The highest BCUT2D eigenvalue weighted by Gasteiger charge is 2.22. The van der Waals surface area contributed by atoms with E-state index in [1.807, 2.05) is 12.1 Å². The standard InChI is InChI=1S/C23H24O/c1-18(21-13-8-14-22(24)17-21)23(20-11-6-3-7-12-20)16-15-19-9-4-2-5-10-19/h2-7,9-12,15-16,21H,8,13-14,17H2,1H3/b16-15+,23-18+/t21-/m0/s1. The van der Waals surface area contributed by atoms with Gasteiger partial charge in [-0.25, -0.2) is 0 Å². The van der Waals surface area contributed by atoms with Crippen molar-refractivity contribution < 1.29 is 4.79 Å². The van der Waals surface area contributed by atoms with Gasteiger partial charge in [0.1, 0.15) is 5.78 Å². The van der Waals surface area contributed by atoms with Crippen LogP contribution in [0.25, 0.3) is 11.6 Å². The van der Waals surface area contributed by atoms with E-state index < -0.39 is 0 Å². The van der Waals surface area contributed by atoms with Crippen LogP contribution in [0.15, 0.2) is 72.3 Å². The Kier molecular flexibility index (Phi) is 5.43. The number of rotatable bonds is 4. The van der Waals surface area contributed by atoms with Crippen LogP contribution < -0.4 is 0 Å². The molecule has 0 N–H and O–H groups in total. The molecular weight excluding hydrogens is 292 g/mol. The molecule has 1 atom stereocenters. The van der Waals surface area contributed by atoms with Gasteiger partial charge in [0.2, 0.25) is 0 Å². The number of carbonyl (C=O) groups is 1. The van der Waals surface area contributed by atoms with E-state index in [0.717, 1.165) is 19.3 Å². The predicted octanol–water partition coefficient (Wildman–Crippen LogP) is 5.93. The zero-order chi connectivity index (χ0) is 16.8. The number of Topliss-reactive ketones (excluding diaryl/α,β-unsaturated/α-hetero) is 1. The summed E-state index contributed by atoms with van der Waals surface area (Å²) >= 11 is 0. The van der Waals surface area contributed by atoms with E-state index in [2.05, 4.69) is 67.6 Å². The average molecular weight is 316 g/mol. The molecule has 1 nitrogen and oxygen atoms in total. The molecule has 0 aliphatic heterocycles. The van der Waals surface area contributed by atoms with Gasteiger partial charge in [0, 0.05) is 12.8 Å². The third-order valence-corrected chi connectivity index (χ3v) is 4.85. The van der Waals surface area contributed by atoms with Gasteiger partial charge in [-0.2, -0.15) is 0 Å². The summed E-state index contributed by atoms with van der Waals surface area (Å²) in [6, 6.07) is 20.9. The van der Waals surface area contributed by atoms with E-state index in [9.17, 15) is 4.79 Å². The van der Waals surface area contributed by atoms with Crippen molar-refractivity contribution in [3.8, 4) is 0 Å². The van der Waals surface area contributed by atoms with Crippen molar-refractivity contribution in [2.75, 3.05) is 0 Å². The van der Waals surface area contributed by atoms with Crippen LogP contribution in [0.3, 0.4) is 0 Å². The molecule has 0 amide bonds. The smallest absolute Gasteiger partial charge is 0.133 e. The molecule has 0 bridgehead atoms. The third-order valence-electron chi connectivity index (χ3n) is 4.85. The molecule has 122 valence electrons. The lowest BCUT2D eigenvalue weighted by atomic mass is 9.80. The molecule has 2 aromatic rings. The Labute approximate surface area is 144 Å². The minimum Gasteiger partial charge on any atom is -0.300 e. The molecule has 3 rings (SSSR count). The van der Waals surface area contributed by atoms with Crippen molar-refractivity contribution in [3.05, 3.63) is 83.4 Å². The van der Waals surface area contributed by atoms with Gasteiger partial charge in [0.25, 0.3) is 0 Å². The molecule has 0 heterocycles. The van der Waals surface area contributed by atoms with Crippen LogP contribution in [0.5, 0.6) is 0 Å². The Balaban J connectivity index is 1.97. The van der Waals surface area contributed by atoms with Crippen LogP contribution in [0.2, 0.25) is 0 Å². The van der Waals surface area contributed by atoms with Crippen molar-refractivity contribution >= 4 is 17.4 Å². The maximum absolute atomic E-state index is 11.9. The van der Waals surface area contributed by atoms with Crippen LogP contribution in [0.1, 0.15) is 43.7 Å². The third kappa shape index (κ3) is 4.11. The summed E-state index contributed by atoms with van der Waals surface area (Å²) in [6.07, 6.45) is 7.96. The number of hydrogen-bond donors (Lipinski definition) is 0. The lowest BCUT2D eigenvalue weighted by Gasteiger charge is -2.24. The quantitative estimate of drug-likeness (QED) is 0.639. The summed E-state index contributed by atoms with van der Waals surface area (Å²) in [4.78, 5) is 11.9. The molecule has 1 saturated carbocycles. The van der Waals surface area contributed by atoms with Crippen molar-refractivity contribution in [2.24, 2.45) is 5.92 Å². The minimum atomic E-state index is 0.377. The van der Waals surface area contributed by atoms with E-state index in [4.69, 9.17) is 0 Å². The highest BCUT2D eigenvalue weighted by molar-refractivity contribution is 5.83. The van der Waals surface area contributed by atoms with E-state index in [1.54, 1.807) is 0 Å². The molecule has 0 radical (unpaired) electrons. The van der Waals surface area contributed by atoms with Gasteiger partial charge in [-0.05, 0) is 42.4 Å². The summed E-state index contributed by atoms with van der Waals surface area (Å²) in [7, 11) is 0. The van der Waals surface area contributed by atoms with Crippen LogP contribution in [0.4, 0.5) is 0 Å². The van der Waals surface area contributed by atoms with Crippen LogP contribution >= 0.6 is 0 Å². The van der Waals surface area contributed by atoms with E-state index in [0.29, 0.717) is 18.1 Å². The lowest BCUT2D eigenvalue weighted by Crippen LogP contribution is -2.16. The molecule has 1 fully saturated rings. The van der Waals surface area contributed by atoms with Gasteiger partial charge < -0.3 is 0 Å². The van der Waals surface area contributed by atoms with Crippen molar-refractivity contribution in [3.63, 3.8) is 0 Å². The van der Waals surface area contributed by atoms with E-state index >= 15 is 0 Å². The van der Waals surface area contributed by atoms with Crippen LogP contribution in [-0.2, 0) is 4.79 Å². The summed E-state index contributed by atoms with van der Waals surface area (Å²) in [5, 5.41) is 0. The fraction of sp³-hybridized carbons (Fsp3) is 0.261. The molecule has 0 aromatic heterocycles. The van der Waals surface area contributed by atoms with Crippen LogP contribution in [-0.4, -0.2) is 5.78 Å². The minimum absolute atomic E-state index is 0.377. The molecule has 0 unspecified atom stereocenters. The van der Waals surface area contributed by atoms with Gasteiger partial charge in [-0.15, -0.1) is 0 Å². The maximum Gasteiger partial charge on any atom is 0.133 e. The molecule has 1 aliphatic rings. The molecule has 1 heteroatoms. The van der Waals surface area contributed by atoms with Crippen molar-refractivity contribution in [1.29, 1.82) is 0 Å². The molecule has 0 spiro atoms. The second kappa shape index (κ2) is 7.92. The first-order valence-electron chi connectivity index (χ1n) is 8.75. The zero-order valence-corrected chi connectivity index (χ0v) is 14.2. The first-order chi connectivity index (χ1) is 11.7. The number of benzene rings is 2. The van der Waals surface area contributed by atoms with Crippen molar-refractivity contribution in [1.82, 2.24) is 0 Å². The number of ketones is 1. The Bertz CT molecular complexity index is 738. The Morgan fingerprint density at radius 1 is 1.00 bits per heavy atom. The average Bonchev–Trinajstić information content (AvgIpc) is 2.63. The monoisotopic (exact) mass is 316 g/mol. The highest BCUT2D eigenvalue weighted by Crippen LogP contribution is 2.33. The van der Waals surface area contributed by atoms with Crippen LogP contribution in [0, 0.1) is 5.92 Å². The van der Waals surface area contributed by atoms with Gasteiger partial charge >= 0.3 is 0 Å². The second-order valence-electron chi connectivity index (χ2n) is 6.54. The Morgan fingerprint density at radius 2 is 1.67 bits per heavy atom. The van der Waals surface area contributed by atoms with Gasteiger partial charge in [0.05, 0.1) is 0 Å². The predicted molar refractivity (Wildman–Crippen MR) is 101 cm³/mol. The van der Waals surface area contributed by atoms with Gasteiger partial charge in [-0.3, -0.25) is 4.79 Å². The fourth-order valence-electron chi connectivity index (χ4n) is 3.43. The number of allylic oxidation sites excluding steroid dienone is 3.